The van der Waals surface area contributed by atoms with Crippen LogP contribution in [0.15, 0.2) is 18.2 Å². The lowest BCUT2D eigenvalue weighted by atomic mass is 10.1. The molecule has 70 valence electrons. The smallest absolute Gasteiger partial charge is 0.308 e. The average molecular weight is 243 g/mol. The predicted molar refractivity (Wildman–Crippen MR) is 55.1 cm³/mol. The zero-order chi connectivity index (χ0) is 9.84. The molecular formula is C10H11BrO2. The Morgan fingerprint density at radius 1 is 1.54 bits per heavy atom. The van der Waals surface area contributed by atoms with Crippen molar-refractivity contribution in [3.63, 3.8) is 0 Å². The van der Waals surface area contributed by atoms with Crippen molar-refractivity contribution in [2.45, 2.75) is 19.2 Å². The number of carbonyl (C=O) groups is 1. The van der Waals surface area contributed by atoms with Gasteiger partial charge in [0.25, 0.3) is 0 Å². The number of para-hydroxylation sites is 1. The highest BCUT2D eigenvalue weighted by Crippen LogP contribution is 2.25. The van der Waals surface area contributed by atoms with Gasteiger partial charge in [-0.25, -0.2) is 0 Å². The molecule has 2 nitrogen and oxygen atoms in total. The first kappa shape index (κ1) is 10.3. The maximum absolute atomic E-state index is 10.8. The van der Waals surface area contributed by atoms with Gasteiger partial charge in [0.1, 0.15) is 5.75 Å². The maximum Gasteiger partial charge on any atom is 0.308 e. The summed E-state index contributed by atoms with van der Waals surface area (Å²) in [5.41, 5.74) is 1.97. The van der Waals surface area contributed by atoms with Crippen LogP contribution in [0.3, 0.4) is 0 Å². The lowest BCUT2D eigenvalue weighted by molar-refractivity contribution is -0.131. The molecule has 1 aromatic rings. The maximum atomic E-state index is 10.8. The first-order valence-corrected chi connectivity index (χ1v) is 5.10. The molecule has 0 bridgehead atoms. The molecule has 0 heterocycles. The second-order valence-electron chi connectivity index (χ2n) is 2.79. The molecule has 0 spiro atoms. The Morgan fingerprint density at radius 2 is 2.23 bits per heavy atom. The summed E-state index contributed by atoms with van der Waals surface area (Å²) in [5.74, 6) is 0.392. The van der Waals surface area contributed by atoms with Gasteiger partial charge in [-0.15, -0.1) is 0 Å². The number of alkyl halides is 1. The summed E-state index contributed by atoms with van der Waals surface area (Å²) >= 11 is 3.34. The Balaban J connectivity index is 3.07. The second kappa shape index (κ2) is 4.42. The number of ether oxygens (including phenoxy) is 1. The Morgan fingerprint density at radius 3 is 2.77 bits per heavy atom. The SMILES string of the molecule is CC(=O)Oc1c(C)cccc1CBr. The van der Waals surface area contributed by atoms with E-state index in [2.05, 4.69) is 15.9 Å². The van der Waals surface area contributed by atoms with E-state index in [9.17, 15) is 4.79 Å². The van der Waals surface area contributed by atoms with Crippen LogP contribution in [0.25, 0.3) is 0 Å². The standard InChI is InChI=1S/C10H11BrO2/c1-7-4-3-5-9(6-11)10(7)13-8(2)12/h3-5H,6H2,1-2H3. The highest BCUT2D eigenvalue weighted by molar-refractivity contribution is 9.08. The third kappa shape index (κ3) is 2.56. The lowest BCUT2D eigenvalue weighted by Crippen LogP contribution is -2.04. The van der Waals surface area contributed by atoms with E-state index in [1.807, 2.05) is 25.1 Å². The van der Waals surface area contributed by atoms with E-state index in [0.29, 0.717) is 11.1 Å². The van der Waals surface area contributed by atoms with Gasteiger partial charge in [0.15, 0.2) is 0 Å². The third-order valence-corrected chi connectivity index (χ3v) is 2.29. The van der Waals surface area contributed by atoms with Crippen molar-refractivity contribution in [3.8, 4) is 5.75 Å². The molecular weight excluding hydrogens is 232 g/mol. The van der Waals surface area contributed by atoms with Crippen LogP contribution in [0.4, 0.5) is 0 Å². The monoisotopic (exact) mass is 242 g/mol. The summed E-state index contributed by atoms with van der Waals surface area (Å²) in [4.78, 5) is 10.8. The van der Waals surface area contributed by atoms with E-state index in [4.69, 9.17) is 4.74 Å². The van der Waals surface area contributed by atoms with Gasteiger partial charge < -0.3 is 4.74 Å². The fraction of sp³-hybridized carbons (Fsp3) is 0.300. The number of hydrogen-bond donors (Lipinski definition) is 0. The minimum atomic E-state index is -0.281. The Bertz CT molecular complexity index is 321. The lowest BCUT2D eigenvalue weighted by Gasteiger charge is -2.09. The molecule has 0 aliphatic heterocycles. The quantitative estimate of drug-likeness (QED) is 0.453. The van der Waals surface area contributed by atoms with Crippen molar-refractivity contribution in [3.05, 3.63) is 29.3 Å². The van der Waals surface area contributed by atoms with Gasteiger partial charge in [-0.05, 0) is 12.5 Å². The fourth-order valence-electron chi connectivity index (χ4n) is 1.11. The van der Waals surface area contributed by atoms with Crippen LogP contribution in [0, 0.1) is 6.92 Å². The van der Waals surface area contributed by atoms with Crippen molar-refractivity contribution in [2.24, 2.45) is 0 Å². The van der Waals surface area contributed by atoms with Crippen molar-refractivity contribution in [1.82, 2.24) is 0 Å². The number of carbonyl (C=O) groups excluding carboxylic acids is 1. The van der Waals surface area contributed by atoms with Gasteiger partial charge in [0.05, 0.1) is 0 Å². The molecule has 0 atom stereocenters. The first-order valence-electron chi connectivity index (χ1n) is 3.98. The molecule has 0 unspecified atom stereocenters. The van der Waals surface area contributed by atoms with Crippen LogP contribution in [0.5, 0.6) is 5.75 Å². The van der Waals surface area contributed by atoms with Gasteiger partial charge in [0.2, 0.25) is 0 Å². The number of benzene rings is 1. The summed E-state index contributed by atoms with van der Waals surface area (Å²) < 4.78 is 5.10. The van der Waals surface area contributed by atoms with E-state index < -0.39 is 0 Å². The number of rotatable bonds is 2. The summed E-state index contributed by atoms with van der Waals surface area (Å²) in [5, 5.41) is 0.692. The molecule has 0 N–H and O–H groups in total. The van der Waals surface area contributed by atoms with E-state index in [1.54, 1.807) is 0 Å². The number of halogens is 1. The highest BCUT2D eigenvalue weighted by atomic mass is 79.9. The van der Waals surface area contributed by atoms with Crippen molar-refractivity contribution < 1.29 is 9.53 Å². The Hall–Kier alpha value is -0.830. The van der Waals surface area contributed by atoms with Crippen LogP contribution in [0.1, 0.15) is 18.1 Å². The zero-order valence-electron chi connectivity index (χ0n) is 7.63. The fourth-order valence-corrected chi connectivity index (χ4v) is 1.55. The summed E-state index contributed by atoms with van der Waals surface area (Å²) in [6.07, 6.45) is 0. The normalized spacial score (nSPS) is 9.77. The van der Waals surface area contributed by atoms with E-state index in [-0.39, 0.29) is 5.97 Å². The van der Waals surface area contributed by atoms with Crippen LogP contribution in [-0.4, -0.2) is 5.97 Å². The predicted octanol–water partition coefficient (Wildman–Crippen LogP) is 2.82. The Labute approximate surface area is 86.0 Å². The molecule has 0 amide bonds. The first-order chi connectivity index (χ1) is 6.15. The average Bonchev–Trinajstić information content (AvgIpc) is 2.08. The van der Waals surface area contributed by atoms with Gasteiger partial charge in [-0.3, -0.25) is 4.79 Å². The topological polar surface area (TPSA) is 26.3 Å². The molecule has 0 aliphatic rings. The third-order valence-electron chi connectivity index (χ3n) is 1.68. The van der Waals surface area contributed by atoms with Crippen molar-refractivity contribution in [1.29, 1.82) is 0 Å². The van der Waals surface area contributed by atoms with Crippen LogP contribution in [0.2, 0.25) is 0 Å². The van der Waals surface area contributed by atoms with Crippen LogP contribution in [-0.2, 0) is 10.1 Å². The summed E-state index contributed by atoms with van der Waals surface area (Å²) in [6, 6.07) is 5.80. The van der Waals surface area contributed by atoms with E-state index in [1.165, 1.54) is 6.92 Å². The minimum absolute atomic E-state index is 0.281. The molecule has 1 rings (SSSR count). The molecule has 0 radical (unpaired) electrons. The molecule has 0 aromatic heterocycles. The second-order valence-corrected chi connectivity index (χ2v) is 3.35. The van der Waals surface area contributed by atoms with Gasteiger partial charge in [-0.1, -0.05) is 34.1 Å². The van der Waals surface area contributed by atoms with E-state index >= 15 is 0 Å². The summed E-state index contributed by atoms with van der Waals surface area (Å²) in [6.45, 7) is 3.33. The van der Waals surface area contributed by atoms with Crippen LogP contribution < -0.4 is 4.74 Å². The van der Waals surface area contributed by atoms with Crippen molar-refractivity contribution in [2.75, 3.05) is 0 Å². The van der Waals surface area contributed by atoms with Crippen molar-refractivity contribution >= 4 is 21.9 Å². The minimum Gasteiger partial charge on any atom is -0.426 e. The molecule has 3 heteroatoms. The summed E-state index contributed by atoms with van der Waals surface area (Å²) in [7, 11) is 0. The number of aryl methyl sites for hydroxylation is 1. The largest absolute Gasteiger partial charge is 0.426 e. The molecule has 0 saturated carbocycles. The molecule has 0 aliphatic carbocycles. The van der Waals surface area contributed by atoms with E-state index in [0.717, 1.165) is 11.1 Å². The van der Waals surface area contributed by atoms with Crippen LogP contribution >= 0.6 is 15.9 Å². The number of hydrogen-bond acceptors (Lipinski definition) is 2. The number of esters is 1. The highest BCUT2D eigenvalue weighted by Gasteiger charge is 2.07. The molecule has 0 saturated heterocycles. The molecule has 13 heavy (non-hydrogen) atoms. The van der Waals surface area contributed by atoms with Gasteiger partial charge >= 0.3 is 5.97 Å². The molecule has 1 aromatic carbocycles. The van der Waals surface area contributed by atoms with Gasteiger partial charge in [0, 0.05) is 17.8 Å². The Kier molecular flexibility index (Phi) is 3.48. The zero-order valence-corrected chi connectivity index (χ0v) is 9.22. The van der Waals surface area contributed by atoms with Gasteiger partial charge in [-0.2, -0.15) is 0 Å². The molecule has 0 fully saturated rings.